The predicted molar refractivity (Wildman–Crippen MR) is 109 cm³/mol. The third-order valence-electron chi connectivity index (χ3n) is 5.96. The fourth-order valence-corrected chi connectivity index (χ4v) is 6.67. The zero-order valence-electron chi connectivity index (χ0n) is 15.8. The second-order valence-electron chi connectivity index (χ2n) is 8.11. The molecule has 158 valence electrons. The van der Waals surface area contributed by atoms with Gasteiger partial charge in [0, 0.05) is 11.6 Å². The van der Waals surface area contributed by atoms with Gasteiger partial charge in [0.05, 0.1) is 16.4 Å². The van der Waals surface area contributed by atoms with Gasteiger partial charge in [-0.3, -0.25) is 4.79 Å². The summed E-state index contributed by atoms with van der Waals surface area (Å²) in [6, 6.07) is 0. The molecule has 2 unspecified atom stereocenters. The smallest absolute Gasteiger partial charge is 0.233 e. The second kappa shape index (κ2) is 8.26. The minimum atomic E-state index is -3.18. The van der Waals surface area contributed by atoms with Crippen LogP contribution in [0.25, 0.3) is 0 Å². The molecule has 3 aliphatic carbocycles. The first-order chi connectivity index (χ1) is 13.8. The normalized spacial score (nSPS) is 30.8. The summed E-state index contributed by atoms with van der Waals surface area (Å²) in [7, 11) is -3.18. The summed E-state index contributed by atoms with van der Waals surface area (Å²) in [4.78, 5) is 17.0. The number of hydrogen-bond acceptors (Lipinski definition) is 5. The van der Waals surface area contributed by atoms with E-state index in [1.54, 1.807) is 29.8 Å². The monoisotopic (exact) mass is 442 g/mol. The first-order valence-electron chi connectivity index (χ1n) is 9.94. The van der Waals surface area contributed by atoms with Crippen LogP contribution in [0.5, 0.6) is 0 Å². The molecule has 29 heavy (non-hydrogen) atoms. The molecule has 0 aliphatic heterocycles. The van der Waals surface area contributed by atoms with Crippen LogP contribution in [-0.4, -0.2) is 42.2 Å². The van der Waals surface area contributed by atoms with Crippen molar-refractivity contribution in [3.63, 3.8) is 0 Å². The zero-order valence-corrected chi connectivity index (χ0v) is 17.5. The molecule has 3 aliphatic rings. The van der Waals surface area contributed by atoms with Crippen LogP contribution >= 0.6 is 11.3 Å². The number of halogens is 2. The largest absolute Gasteiger partial charge is 0.301 e. The van der Waals surface area contributed by atoms with Crippen LogP contribution in [0.2, 0.25) is 0 Å². The topological polar surface area (TPSA) is 76.1 Å². The lowest BCUT2D eigenvalue weighted by Crippen LogP contribution is -2.29. The summed E-state index contributed by atoms with van der Waals surface area (Å²) in [5.41, 5.74) is 0.707. The summed E-state index contributed by atoms with van der Waals surface area (Å²) < 4.78 is 52.2. The van der Waals surface area contributed by atoms with E-state index in [0.29, 0.717) is 23.5 Å². The summed E-state index contributed by atoms with van der Waals surface area (Å²) >= 11 is 1.29. The maximum atomic E-state index is 13.7. The molecule has 1 aromatic rings. The van der Waals surface area contributed by atoms with Gasteiger partial charge in [0.25, 0.3) is 0 Å². The molecule has 1 N–H and O–H groups in total. The quantitative estimate of drug-likeness (QED) is 0.692. The summed E-state index contributed by atoms with van der Waals surface area (Å²) in [5, 5.41) is 4.19. The van der Waals surface area contributed by atoms with Crippen molar-refractivity contribution < 1.29 is 22.0 Å². The number of hydrogen-bond donors (Lipinski definition) is 1. The highest BCUT2D eigenvalue weighted by Gasteiger charge is 2.41. The van der Waals surface area contributed by atoms with Crippen LogP contribution < -0.4 is 5.32 Å². The van der Waals surface area contributed by atoms with Crippen LogP contribution in [0, 0.1) is 11.8 Å². The van der Waals surface area contributed by atoms with Crippen molar-refractivity contribution >= 4 is 32.2 Å². The maximum absolute atomic E-state index is 13.7. The number of nitrogens with one attached hydrogen (secondary N) is 1. The predicted octanol–water partition coefficient (Wildman–Crippen LogP) is 4.01. The molecule has 5 nitrogen and oxygen atoms in total. The van der Waals surface area contributed by atoms with Gasteiger partial charge in [0.15, 0.2) is 15.0 Å². The fraction of sp³-hybridized carbons (Fsp3) is 0.600. The number of aromatic nitrogens is 1. The molecule has 0 aromatic carbocycles. The number of anilines is 1. The molecule has 0 saturated heterocycles. The Bertz CT molecular complexity index is 900. The average Bonchev–Trinajstić information content (AvgIpc) is 3.36. The number of rotatable bonds is 7. The Kier molecular flexibility index (Phi) is 5.88. The molecule has 1 amide bonds. The molecule has 1 heterocycles. The van der Waals surface area contributed by atoms with Crippen molar-refractivity contribution in [2.24, 2.45) is 11.8 Å². The lowest BCUT2D eigenvalue weighted by atomic mass is 9.84. The maximum Gasteiger partial charge on any atom is 0.233 e. The molecule has 2 saturated carbocycles. The Morgan fingerprint density at radius 1 is 1.28 bits per heavy atom. The van der Waals surface area contributed by atoms with Gasteiger partial charge in [-0.2, -0.15) is 0 Å². The van der Waals surface area contributed by atoms with E-state index in [0.717, 1.165) is 12.8 Å². The van der Waals surface area contributed by atoms with Gasteiger partial charge < -0.3 is 5.32 Å². The first-order valence-corrected chi connectivity index (χ1v) is 12.4. The van der Waals surface area contributed by atoms with Crippen molar-refractivity contribution in [3.8, 4) is 0 Å². The first kappa shape index (κ1) is 20.7. The van der Waals surface area contributed by atoms with E-state index in [2.05, 4.69) is 10.3 Å². The molecule has 0 radical (unpaired) electrons. The Balaban J connectivity index is 1.49. The van der Waals surface area contributed by atoms with Crippen LogP contribution in [0.3, 0.4) is 0 Å². The van der Waals surface area contributed by atoms with Gasteiger partial charge in [0.2, 0.25) is 5.91 Å². The van der Waals surface area contributed by atoms with Gasteiger partial charge in [0.1, 0.15) is 12.3 Å². The van der Waals surface area contributed by atoms with E-state index in [1.165, 1.54) is 11.3 Å². The van der Waals surface area contributed by atoms with Crippen molar-refractivity contribution in [1.82, 2.24) is 4.98 Å². The van der Waals surface area contributed by atoms with Gasteiger partial charge in [-0.15, -0.1) is 11.3 Å². The van der Waals surface area contributed by atoms with Crippen LogP contribution in [0.1, 0.15) is 38.5 Å². The van der Waals surface area contributed by atoms with E-state index in [4.69, 9.17) is 0 Å². The van der Waals surface area contributed by atoms with E-state index in [1.807, 2.05) is 0 Å². The van der Waals surface area contributed by atoms with Crippen LogP contribution in [0.4, 0.5) is 13.9 Å². The number of carbonyl (C=O) groups excluding carboxylic acids is 1. The van der Waals surface area contributed by atoms with Crippen LogP contribution in [0.15, 0.2) is 35.4 Å². The van der Waals surface area contributed by atoms with Gasteiger partial charge in [-0.1, -0.05) is 18.2 Å². The minimum Gasteiger partial charge on any atom is -0.301 e. The van der Waals surface area contributed by atoms with Gasteiger partial charge >= 0.3 is 0 Å². The van der Waals surface area contributed by atoms with Crippen molar-refractivity contribution in [2.45, 2.75) is 61.4 Å². The minimum absolute atomic E-state index is 0.109. The lowest BCUT2D eigenvalue weighted by Gasteiger charge is -2.24. The summed E-state index contributed by atoms with van der Waals surface area (Å²) in [5.74, 6) is -1.10. The SMILES string of the molecule is O=C(Nc1nccs1)C(C[C@H]1C[C@@H](F)[C@@H](F)C1)C1=CCC(S(=O)(=O)C2CC2)C=C1. The molecule has 1 aromatic heterocycles. The fourth-order valence-electron chi connectivity index (χ4n) is 4.19. The van der Waals surface area contributed by atoms with Crippen LogP contribution in [-0.2, 0) is 14.6 Å². The number of carbonyl (C=O) groups is 1. The summed E-state index contributed by atoms with van der Waals surface area (Å²) in [6.07, 6.45) is 6.10. The number of alkyl halides is 2. The third-order valence-corrected chi connectivity index (χ3v) is 9.24. The lowest BCUT2D eigenvalue weighted by molar-refractivity contribution is -0.119. The average molecular weight is 443 g/mol. The second-order valence-corrected chi connectivity index (χ2v) is 11.5. The highest BCUT2D eigenvalue weighted by molar-refractivity contribution is 7.93. The van der Waals surface area contributed by atoms with E-state index in [9.17, 15) is 22.0 Å². The van der Waals surface area contributed by atoms with E-state index >= 15 is 0 Å². The Labute approximate surface area is 173 Å². The van der Waals surface area contributed by atoms with E-state index in [-0.39, 0.29) is 29.9 Å². The van der Waals surface area contributed by atoms with Crippen molar-refractivity contribution in [2.75, 3.05) is 5.32 Å². The third kappa shape index (κ3) is 4.60. The highest BCUT2D eigenvalue weighted by atomic mass is 32.2. The summed E-state index contributed by atoms with van der Waals surface area (Å²) in [6.45, 7) is 0. The Morgan fingerprint density at radius 3 is 2.55 bits per heavy atom. The van der Waals surface area contributed by atoms with Gasteiger partial charge in [-0.05, 0) is 50.0 Å². The van der Waals surface area contributed by atoms with Crippen molar-refractivity contribution in [1.29, 1.82) is 0 Å². The Morgan fingerprint density at radius 2 is 2.00 bits per heavy atom. The van der Waals surface area contributed by atoms with Gasteiger partial charge in [-0.25, -0.2) is 22.2 Å². The standard InChI is InChI=1S/C20H24F2N2O3S2/c21-17-10-12(11-18(17)22)9-16(19(25)24-20-23-7-8-28-20)13-1-3-14(4-2-13)29(26,27)15-5-6-15/h1-3,7-8,12,14-18H,4-6,9-11H2,(H,23,24,25)/t12-,14?,16?,17+,18-. The number of amides is 1. The molecule has 4 rings (SSSR count). The molecular weight excluding hydrogens is 418 g/mol. The Hall–Kier alpha value is -1.61. The number of sulfone groups is 1. The van der Waals surface area contributed by atoms with Crippen molar-refractivity contribution in [3.05, 3.63) is 35.4 Å². The molecule has 0 spiro atoms. The van der Waals surface area contributed by atoms with E-state index < -0.39 is 33.3 Å². The highest BCUT2D eigenvalue weighted by Crippen LogP contribution is 2.39. The molecular formula is C20H24F2N2O3S2. The molecule has 0 bridgehead atoms. The number of thiazole rings is 1. The number of allylic oxidation sites excluding steroid dienone is 2. The molecule has 9 heteroatoms. The number of nitrogens with zero attached hydrogens (tertiary/aromatic N) is 1. The molecule has 2 fully saturated rings. The zero-order chi connectivity index (χ0) is 20.6. The molecule has 5 atom stereocenters.